The van der Waals surface area contributed by atoms with Gasteiger partial charge in [0, 0.05) is 47.9 Å². The van der Waals surface area contributed by atoms with Crippen LogP contribution in [-0.4, -0.2) is 74.9 Å². The summed E-state index contributed by atoms with van der Waals surface area (Å²) in [5, 5.41) is 9.50. The van der Waals surface area contributed by atoms with Gasteiger partial charge in [-0.15, -0.1) is 10.2 Å². The van der Waals surface area contributed by atoms with Crippen LogP contribution in [0.4, 0.5) is 0 Å². The Hall–Kier alpha value is -3.57. The van der Waals surface area contributed by atoms with Crippen molar-refractivity contribution in [1.82, 2.24) is 24.6 Å². The van der Waals surface area contributed by atoms with Gasteiger partial charge in [-0.1, -0.05) is 45.9 Å². The number of amides is 2. The fourth-order valence-electron chi connectivity index (χ4n) is 4.78. The number of hydrogen-bond acceptors (Lipinski definition) is 7. The zero-order chi connectivity index (χ0) is 28.1. The van der Waals surface area contributed by atoms with Crippen LogP contribution in [0.25, 0.3) is 17.3 Å². The second-order valence-electron chi connectivity index (χ2n) is 9.44. The molecule has 0 aliphatic carbocycles. The number of benzene rings is 2. The number of para-hydroxylation sites is 2. The minimum atomic E-state index is -0.0574. The van der Waals surface area contributed by atoms with Gasteiger partial charge in [-0.2, -0.15) is 0 Å². The Morgan fingerprint density at radius 3 is 2.70 bits per heavy atom. The number of carbonyl (C=O) groups is 2. The van der Waals surface area contributed by atoms with E-state index in [4.69, 9.17) is 9.15 Å². The van der Waals surface area contributed by atoms with Crippen molar-refractivity contribution in [2.75, 3.05) is 32.5 Å². The van der Waals surface area contributed by atoms with E-state index in [9.17, 15) is 9.59 Å². The van der Waals surface area contributed by atoms with E-state index in [1.807, 2.05) is 82.0 Å². The lowest BCUT2D eigenvalue weighted by Gasteiger charge is -2.40. The zero-order valence-corrected chi connectivity index (χ0v) is 24.7. The van der Waals surface area contributed by atoms with Crippen molar-refractivity contribution in [1.29, 1.82) is 0 Å². The molecule has 2 aromatic heterocycles. The lowest BCUT2D eigenvalue weighted by molar-refractivity contribution is -0.133. The molecule has 0 N–H and O–H groups in total. The van der Waals surface area contributed by atoms with Gasteiger partial charge in [0.2, 0.25) is 11.7 Å². The summed E-state index contributed by atoms with van der Waals surface area (Å²) >= 11 is 4.97. The van der Waals surface area contributed by atoms with Gasteiger partial charge >= 0.3 is 0 Å². The maximum atomic E-state index is 13.0. The number of nitrogens with zero attached hydrogens (tertiary/aromatic N) is 5. The van der Waals surface area contributed by atoms with Gasteiger partial charge in [0.15, 0.2) is 10.9 Å². The minimum Gasteiger partial charge on any atom is -0.495 e. The number of piperazine rings is 1. The van der Waals surface area contributed by atoms with Crippen molar-refractivity contribution < 1.29 is 18.7 Å². The molecule has 0 bridgehead atoms. The fraction of sp³-hybridized carbons (Fsp3) is 0.310. The highest BCUT2D eigenvalue weighted by Crippen LogP contribution is 2.33. The quantitative estimate of drug-likeness (QED) is 0.178. The summed E-state index contributed by atoms with van der Waals surface area (Å²) in [6.45, 7) is 3.57. The van der Waals surface area contributed by atoms with Crippen molar-refractivity contribution in [2.24, 2.45) is 0 Å². The van der Waals surface area contributed by atoms with E-state index in [-0.39, 0.29) is 17.9 Å². The predicted octanol–water partition coefficient (Wildman–Crippen LogP) is 5.54. The number of carbonyl (C=O) groups excluding carboxylic acids is 2. The summed E-state index contributed by atoms with van der Waals surface area (Å²) in [7, 11) is 1.63. The average molecular weight is 625 g/mol. The van der Waals surface area contributed by atoms with Gasteiger partial charge in [-0.3, -0.25) is 14.2 Å². The number of rotatable bonds is 9. The van der Waals surface area contributed by atoms with Crippen LogP contribution in [0.2, 0.25) is 0 Å². The summed E-state index contributed by atoms with van der Waals surface area (Å²) in [6.07, 6.45) is 2.71. The third-order valence-corrected chi connectivity index (χ3v) is 8.29. The normalized spacial score (nSPS) is 15.3. The maximum Gasteiger partial charge on any atom is 0.254 e. The van der Waals surface area contributed by atoms with E-state index in [1.54, 1.807) is 13.4 Å². The molecular weight excluding hydrogens is 594 g/mol. The lowest BCUT2D eigenvalue weighted by Crippen LogP contribution is -2.55. The first-order valence-corrected chi connectivity index (χ1v) is 14.8. The third-order valence-electron chi connectivity index (χ3n) is 6.78. The van der Waals surface area contributed by atoms with Crippen molar-refractivity contribution in [3.63, 3.8) is 0 Å². The maximum absolute atomic E-state index is 13.0. The molecule has 0 saturated carbocycles. The lowest BCUT2D eigenvalue weighted by atomic mass is 10.1. The molecule has 11 heteroatoms. The van der Waals surface area contributed by atoms with E-state index < -0.39 is 0 Å². The molecule has 1 fully saturated rings. The Morgan fingerprint density at radius 2 is 1.95 bits per heavy atom. The molecule has 9 nitrogen and oxygen atoms in total. The SMILES string of the molecule is COc1ccccc1-n1c(SCCCC(=O)N2CCN(C(=O)c3cccc(Br)c3)C(C)C2)nnc1-c1ccco1. The van der Waals surface area contributed by atoms with Gasteiger partial charge in [-0.05, 0) is 55.8 Å². The third kappa shape index (κ3) is 6.10. The van der Waals surface area contributed by atoms with E-state index in [0.29, 0.717) is 66.3 Å². The van der Waals surface area contributed by atoms with Gasteiger partial charge in [0.05, 0.1) is 19.1 Å². The topological polar surface area (TPSA) is 93.7 Å². The largest absolute Gasteiger partial charge is 0.495 e. The Morgan fingerprint density at radius 1 is 1.10 bits per heavy atom. The van der Waals surface area contributed by atoms with E-state index in [0.717, 1.165) is 10.2 Å². The zero-order valence-electron chi connectivity index (χ0n) is 22.3. The number of furan rings is 1. The molecule has 0 spiro atoms. The van der Waals surface area contributed by atoms with Crippen LogP contribution in [0.15, 0.2) is 81.0 Å². The molecule has 1 unspecified atom stereocenters. The summed E-state index contributed by atoms with van der Waals surface area (Å²) in [5.74, 6) is 2.66. The second kappa shape index (κ2) is 12.7. The molecule has 5 rings (SSSR count). The number of halogens is 1. The predicted molar refractivity (Wildman–Crippen MR) is 157 cm³/mol. The van der Waals surface area contributed by atoms with Gasteiger partial charge < -0.3 is 19.0 Å². The van der Waals surface area contributed by atoms with Crippen molar-refractivity contribution in [3.8, 4) is 23.0 Å². The molecule has 0 radical (unpaired) electrons. The summed E-state index contributed by atoms with van der Waals surface area (Å²) < 4.78 is 14.0. The first kappa shape index (κ1) is 28.0. The molecule has 208 valence electrons. The smallest absolute Gasteiger partial charge is 0.254 e. The van der Waals surface area contributed by atoms with Gasteiger partial charge in [-0.25, -0.2) is 0 Å². The van der Waals surface area contributed by atoms with Crippen LogP contribution in [-0.2, 0) is 4.79 Å². The van der Waals surface area contributed by atoms with Crippen molar-refractivity contribution in [2.45, 2.75) is 31.0 Å². The molecule has 2 aromatic carbocycles. The molecule has 1 aliphatic rings. The Labute approximate surface area is 245 Å². The van der Waals surface area contributed by atoms with E-state index >= 15 is 0 Å². The van der Waals surface area contributed by atoms with Gasteiger partial charge in [0.1, 0.15) is 5.75 Å². The van der Waals surface area contributed by atoms with E-state index in [1.165, 1.54) is 11.8 Å². The van der Waals surface area contributed by atoms with Crippen molar-refractivity contribution >= 4 is 39.5 Å². The molecule has 2 amide bonds. The van der Waals surface area contributed by atoms with Crippen LogP contribution in [0.1, 0.15) is 30.1 Å². The Balaban J connectivity index is 1.18. The van der Waals surface area contributed by atoms with Crippen molar-refractivity contribution in [3.05, 3.63) is 77.0 Å². The first-order valence-electron chi connectivity index (χ1n) is 13.1. The molecule has 1 aliphatic heterocycles. The Kier molecular flexibility index (Phi) is 8.91. The monoisotopic (exact) mass is 623 g/mol. The number of ether oxygens (including phenoxy) is 1. The fourth-order valence-corrected chi connectivity index (χ4v) is 6.06. The number of methoxy groups -OCH3 is 1. The molecular formula is C29H30BrN5O4S. The summed E-state index contributed by atoms with van der Waals surface area (Å²) in [5.41, 5.74) is 1.46. The highest BCUT2D eigenvalue weighted by Gasteiger charge is 2.30. The molecule has 4 aromatic rings. The van der Waals surface area contributed by atoms with Crippen LogP contribution in [0, 0.1) is 0 Å². The number of hydrogen-bond donors (Lipinski definition) is 0. The van der Waals surface area contributed by atoms with Gasteiger partial charge in [0.25, 0.3) is 5.91 Å². The Bertz CT molecular complexity index is 1470. The summed E-state index contributed by atoms with van der Waals surface area (Å²) in [6, 6.07) is 18.7. The molecule has 40 heavy (non-hydrogen) atoms. The van der Waals surface area contributed by atoms with E-state index in [2.05, 4.69) is 26.1 Å². The van der Waals surface area contributed by atoms with Crippen LogP contribution in [0.5, 0.6) is 5.75 Å². The number of thioether (sulfide) groups is 1. The highest BCUT2D eigenvalue weighted by atomic mass is 79.9. The minimum absolute atomic E-state index is 0.00891. The second-order valence-corrected chi connectivity index (χ2v) is 11.4. The van der Waals surface area contributed by atoms with Crippen LogP contribution in [0.3, 0.4) is 0 Å². The van der Waals surface area contributed by atoms with Crippen LogP contribution < -0.4 is 4.74 Å². The highest BCUT2D eigenvalue weighted by molar-refractivity contribution is 9.10. The van der Waals surface area contributed by atoms with Crippen LogP contribution >= 0.6 is 27.7 Å². The standard InChI is InChI=1S/C29H30BrN5O4S/c1-20-19-33(14-15-34(20)28(37)21-8-5-9-22(30)18-21)26(36)13-7-17-40-29-32-31-27(25-12-6-16-39-25)35(29)23-10-3-4-11-24(23)38-2/h3-6,8-12,16,18,20H,7,13-15,17,19H2,1-2H3. The molecule has 1 atom stereocenters. The summed E-state index contributed by atoms with van der Waals surface area (Å²) in [4.78, 5) is 29.7. The average Bonchev–Trinajstić information content (AvgIpc) is 3.65. The number of aromatic nitrogens is 3. The first-order chi connectivity index (χ1) is 19.5. The molecule has 3 heterocycles. The molecule has 1 saturated heterocycles.